The minimum Gasteiger partial charge on any atom is -0.422 e. The third kappa shape index (κ3) is 3.50. The van der Waals surface area contributed by atoms with Crippen LogP contribution in [0.3, 0.4) is 0 Å². The summed E-state index contributed by atoms with van der Waals surface area (Å²) in [5.41, 5.74) is 0. The molecule has 7 heteroatoms. The summed E-state index contributed by atoms with van der Waals surface area (Å²) in [5.74, 6) is -0.218. The summed E-state index contributed by atoms with van der Waals surface area (Å²) in [4.78, 5) is 12.9. The fraction of sp³-hybridized carbons (Fsp3) is 0.250. The van der Waals surface area contributed by atoms with Crippen LogP contribution < -0.4 is 4.74 Å². The predicted octanol–water partition coefficient (Wildman–Crippen LogP) is 4.30. The maximum absolute atomic E-state index is 13.0. The van der Waals surface area contributed by atoms with Crippen LogP contribution in [0, 0.1) is 0 Å². The number of thiophene rings is 1. The lowest BCUT2D eigenvalue weighted by atomic mass is 10.1. The Balaban J connectivity index is 1.65. The van der Waals surface area contributed by atoms with Crippen molar-refractivity contribution < 1.29 is 17.9 Å². The normalized spacial score (nSPS) is 15.7. The Morgan fingerprint density at radius 3 is 2.52 bits per heavy atom. The first-order valence-electron chi connectivity index (χ1n) is 8.85. The molecule has 0 saturated carbocycles. The number of carbonyl (C=O) groups excluding carboxylic acids is 1. The third-order valence-electron chi connectivity index (χ3n) is 4.70. The molecule has 1 aliphatic rings. The van der Waals surface area contributed by atoms with Crippen molar-refractivity contribution in [2.45, 2.75) is 24.2 Å². The summed E-state index contributed by atoms with van der Waals surface area (Å²) in [7, 11) is -3.69. The third-order valence-corrected chi connectivity index (χ3v) is 7.66. The maximum atomic E-state index is 13.0. The number of fused-ring (bicyclic) bond motifs is 1. The van der Waals surface area contributed by atoms with Gasteiger partial charge in [-0.2, -0.15) is 4.31 Å². The molecule has 5 nitrogen and oxygen atoms in total. The molecule has 0 bridgehead atoms. The smallest absolute Gasteiger partial charge is 0.355 e. The van der Waals surface area contributed by atoms with E-state index in [1.807, 2.05) is 36.4 Å². The number of sulfonamides is 1. The van der Waals surface area contributed by atoms with Gasteiger partial charge in [0.15, 0.2) is 0 Å². The molecule has 0 amide bonds. The van der Waals surface area contributed by atoms with Gasteiger partial charge in [-0.3, -0.25) is 0 Å². The van der Waals surface area contributed by atoms with E-state index in [1.165, 1.54) is 10.4 Å². The van der Waals surface area contributed by atoms with E-state index in [-0.39, 0.29) is 9.77 Å². The fourth-order valence-electron chi connectivity index (χ4n) is 3.32. The van der Waals surface area contributed by atoms with E-state index in [1.54, 1.807) is 11.4 Å². The minimum atomic E-state index is -3.69. The van der Waals surface area contributed by atoms with Crippen molar-refractivity contribution in [1.82, 2.24) is 4.31 Å². The molecule has 3 aromatic rings. The summed E-state index contributed by atoms with van der Waals surface area (Å²) in [5, 5.41) is 3.39. The molecule has 4 rings (SSSR count). The van der Waals surface area contributed by atoms with Crippen LogP contribution >= 0.6 is 11.3 Å². The molecule has 1 saturated heterocycles. The standard InChI is InChI=1S/C20H19NO4S2/c22-20(25-17-10-6-8-15-7-2-3-9-16(15)17)19-18(11-14-26-19)27(23,24)21-12-4-1-5-13-21/h2-3,6-11,14H,1,4-5,12-13H2. The summed E-state index contributed by atoms with van der Waals surface area (Å²) in [6, 6.07) is 14.5. The van der Waals surface area contributed by atoms with Crippen molar-refractivity contribution in [1.29, 1.82) is 0 Å². The zero-order chi connectivity index (χ0) is 18.9. The number of ether oxygens (including phenoxy) is 1. The molecule has 1 aromatic heterocycles. The monoisotopic (exact) mass is 401 g/mol. The van der Waals surface area contributed by atoms with Crippen LogP contribution in [-0.4, -0.2) is 31.8 Å². The first-order valence-corrected chi connectivity index (χ1v) is 11.2. The van der Waals surface area contributed by atoms with Gasteiger partial charge in [0.25, 0.3) is 0 Å². The molecule has 27 heavy (non-hydrogen) atoms. The molecule has 0 unspecified atom stereocenters. The van der Waals surface area contributed by atoms with Crippen LogP contribution in [0.2, 0.25) is 0 Å². The Labute approximate surface area is 162 Å². The van der Waals surface area contributed by atoms with Crippen LogP contribution in [0.4, 0.5) is 0 Å². The number of rotatable bonds is 4. The van der Waals surface area contributed by atoms with Gasteiger partial charge in [0, 0.05) is 18.5 Å². The molecule has 140 valence electrons. The summed E-state index contributed by atoms with van der Waals surface area (Å²) >= 11 is 1.09. The van der Waals surface area contributed by atoms with E-state index in [0.29, 0.717) is 18.8 Å². The highest BCUT2D eigenvalue weighted by atomic mass is 32.2. The van der Waals surface area contributed by atoms with E-state index >= 15 is 0 Å². The second-order valence-corrected chi connectivity index (χ2v) is 9.27. The highest BCUT2D eigenvalue weighted by Crippen LogP contribution is 2.30. The maximum Gasteiger partial charge on any atom is 0.355 e. The lowest BCUT2D eigenvalue weighted by Gasteiger charge is -2.25. The van der Waals surface area contributed by atoms with E-state index in [4.69, 9.17) is 4.74 Å². The predicted molar refractivity (Wildman–Crippen MR) is 106 cm³/mol. The van der Waals surface area contributed by atoms with Gasteiger partial charge >= 0.3 is 5.97 Å². The van der Waals surface area contributed by atoms with Gasteiger partial charge in [0.05, 0.1) is 0 Å². The Bertz CT molecular complexity index is 1080. The minimum absolute atomic E-state index is 0.0413. The number of nitrogens with zero attached hydrogens (tertiary/aromatic N) is 1. The van der Waals surface area contributed by atoms with E-state index < -0.39 is 16.0 Å². The second-order valence-electron chi connectivity index (χ2n) is 6.45. The largest absolute Gasteiger partial charge is 0.422 e. The van der Waals surface area contributed by atoms with Crippen molar-refractivity contribution in [2.75, 3.05) is 13.1 Å². The Hall–Kier alpha value is -2.22. The van der Waals surface area contributed by atoms with Crippen LogP contribution in [0.1, 0.15) is 28.9 Å². The summed E-state index contributed by atoms with van der Waals surface area (Å²) < 4.78 is 33.0. The SMILES string of the molecule is O=C(Oc1cccc2ccccc12)c1sccc1S(=O)(=O)N1CCCCC1. The molecule has 2 aromatic carbocycles. The molecule has 0 spiro atoms. The number of esters is 1. The second kappa shape index (κ2) is 7.42. The molecule has 0 atom stereocenters. The number of hydrogen-bond acceptors (Lipinski definition) is 5. The van der Waals surface area contributed by atoms with Crippen molar-refractivity contribution in [3.8, 4) is 5.75 Å². The first-order chi connectivity index (χ1) is 13.1. The lowest BCUT2D eigenvalue weighted by Crippen LogP contribution is -2.36. The van der Waals surface area contributed by atoms with Crippen molar-refractivity contribution >= 4 is 38.1 Å². The zero-order valence-corrected chi connectivity index (χ0v) is 16.3. The number of benzene rings is 2. The van der Waals surface area contributed by atoms with Crippen molar-refractivity contribution in [3.05, 3.63) is 58.8 Å². The molecule has 0 radical (unpaired) electrons. The summed E-state index contributed by atoms with van der Waals surface area (Å²) in [6.07, 6.45) is 2.73. The highest BCUT2D eigenvalue weighted by Gasteiger charge is 2.31. The zero-order valence-electron chi connectivity index (χ0n) is 14.6. The van der Waals surface area contributed by atoms with Gasteiger partial charge in [-0.25, -0.2) is 13.2 Å². The summed E-state index contributed by atoms with van der Waals surface area (Å²) in [6.45, 7) is 0.992. The average molecular weight is 402 g/mol. The highest BCUT2D eigenvalue weighted by molar-refractivity contribution is 7.89. The van der Waals surface area contributed by atoms with Crippen LogP contribution in [0.5, 0.6) is 5.75 Å². The Kier molecular flexibility index (Phi) is 4.99. The molecular formula is C20H19NO4S2. The fourth-order valence-corrected chi connectivity index (χ4v) is 6.11. The van der Waals surface area contributed by atoms with Crippen LogP contribution in [-0.2, 0) is 10.0 Å². The Morgan fingerprint density at radius 1 is 0.963 bits per heavy atom. The van der Waals surface area contributed by atoms with Gasteiger partial charge in [-0.05, 0) is 35.7 Å². The van der Waals surface area contributed by atoms with E-state index in [9.17, 15) is 13.2 Å². The number of piperidine rings is 1. The van der Waals surface area contributed by atoms with Gasteiger partial charge in [-0.15, -0.1) is 11.3 Å². The molecular weight excluding hydrogens is 382 g/mol. The van der Waals surface area contributed by atoms with Crippen LogP contribution in [0.15, 0.2) is 58.8 Å². The lowest BCUT2D eigenvalue weighted by molar-refractivity contribution is 0.0738. The molecule has 0 aliphatic carbocycles. The van der Waals surface area contributed by atoms with Gasteiger partial charge in [0.1, 0.15) is 15.5 Å². The molecule has 1 fully saturated rings. The molecule has 2 heterocycles. The first kappa shape index (κ1) is 18.2. The van der Waals surface area contributed by atoms with Crippen molar-refractivity contribution in [3.63, 3.8) is 0 Å². The van der Waals surface area contributed by atoms with Crippen molar-refractivity contribution in [2.24, 2.45) is 0 Å². The van der Waals surface area contributed by atoms with E-state index in [2.05, 4.69) is 0 Å². The van der Waals surface area contributed by atoms with Gasteiger partial charge in [-0.1, -0.05) is 42.8 Å². The van der Waals surface area contributed by atoms with Gasteiger partial charge < -0.3 is 4.74 Å². The Morgan fingerprint density at radius 2 is 1.70 bits per heavy atom. The van der Waals surface area contributed by atoms with Crippen LogP contribution in [0.25, 0.3) is 10.8 Å². The molecule has 0 N–H and O–H groups in total. The average Bonchev–Trinajstić information content (AvgIpc) is 3.20. The molecule has 1 aliphatic heterocycles. The number of carbonyl (C=O) groups is 1. The number of hydrogen-bond donors (Lipinski definition) is 0. The van der Waals surface area contributed by atoms with Gasteiger partial charge in [0.2, 0.25) is 10.0 Å². The quantitative estimate of drug-likeness (QED) is 0.483. The van der Waals surface area contributed by atoms with E-state index in [0.717, 1.165) is 41.4 Å². The topological polar surface area (TPSA) is 63.7 Å².